The van der Waals surface area contributed by atoms with Crippen molar-refractivity contribution in [3.63, 3.8) is 0 Å². The molecule has 0 N–H and O–H groups in total. The summed E-state index contributed by atoms with van der Waals surface area (Å²) in [5, 5.41) is 12.9. The van der Waals surface area contributed by atoms with Crippen LogP contribution in [0.15, 0.2) is 47.0 Å². The fourth-order valence-electron chi connectivity index (χ4n) is 3.31. The standard InChI is InChI=1S/C23H25FN4O/c1-4-28(17(3)19-11-8-18(15-25)9-12-19)13-5-6-22-26-23(27-29-22)20-10-7-16(2)21(24)14-20/h7-12,14,17H,4-6,13H2,1-3H3. The van der Waals surface area contributed by atoms with E-state index in [0.29, 0.717) is 34.8 Å². The van der Waals surface area contributed by atoms with Crippen LogP contribution in [0.25, 0.3) is 11.4 Å². The Morgan fingerprint density at radius 1 is 1.21 bits per heavy atom. The van der Waals surface area contributed by atoms with Crippen LogP contribution in [-0.2, 0) is 6.42 Å². The summed E-state index contributed by atoms with van der Waals surface area (Å²) in [4.78, 5) is 6.77. The van der Waals surface area contributed by atoms with Crippen LogP contribution in [-0.4, -0.2) is 28.1 Å². The number of aryl methyl sites for hydroxylation is 2. The van der Waals surface area contributed by atoms with E-state index < -0.39 is 0 Å². The van der Waals surface area contributed by atoms with E-state index in [2.05, 4.69) is 35.0 Å². The second-order valence-corrected chi connectivity index (χ2v) is 7.12. The van der Waals surface area contributed by atoms with Gasteiger partial charge in [0, 0.05) is 18.0 Å². The lowest BCUT2D eigenvalue weighted by Crippen LogP contribution is -2.28. The van der Waals surface area contributed by atoms with Crippen molar-refractivity contribution in [3.8, 4) is 17.5 Å². The van der Waals surface area contributed by atoms with Crippen LogP contribution in [0.5, 0.6) is 0 Å². The summed E-state index contributed by atoms with van der Waals surface area (Å²) in [6.07, 6.45) is 1.54. The number of nitriles is 1. The van der Waals surface area contributed by atoms with Crippen LogP contribution in [0.3, 0.4) is 0 Å². The van der Waals surface area contributed by atoms with Gasteiger partial charge in [-0.2, -0.15) is 10.2 Å². The molecule has 0 saturated heterocycles. The molecule has 150 valence electrons. The third-order valence-electron chi connectivity index (χ3n) is 5.21. The SMILES string of the molecule is CCN(CCCc1nc(-c2ccc(C)c(F)c2)no1)C(C)c1ccc(C#N)cc1. The van der Waals surface area contributed by atoms with Crippen LogP contribution in [0, 0.1) is 24.1 Å². The molecular formula is C23H25FN4O. The fraction of sp³-hybridized carbons (Fsp3) is 0.348. The topological polar surface area (TPSA) is 66.0 Å². The normalized spacial score (nSPS) is 12.1. The van der Waals surface area contributed by atoms with Crippen molar-refractivity contribution in [2.24, 2.45) is 0 Å². The predicted octanol–water partition coefficient (Wildman–Crippen LogP) is 5.07. The molecule has 0 aliphatic rings. The first-order chi connectivity index (χ1) is 14.0. The molecule has 6 heteroatoms. The van der Waals surface area contributed by atoms with Crippen LogP contribution < -0.4 is 0 Å². The van der Waals surface area contributed by atoms with Crippen molar-refractivity contribution < 1.29 is 8.91 Å². The number of hydrogen-bond acceptors (Lipinski definition) is 5. The summed E-state index contributed by atoms with van der Waals surface area (Å²) in [6, 6.07) is 15.1. The minimum atomic E-state index is -0.274. The molecule has 0 amide bonds. The Labute approximate surface area is 170 Å². The van der Waals surface area contributed by atoms with Crippen molar-refractivity contribution in [2.75, 3.05) is 13.1 Å². The molecule has 3 aromatic rings. The number of halogens is 1. The Hall–Kier alpha value is -3.04. The fourth-order valence-corrected chi connectivity index (χ4v) is 3.31. The van der Waals surface area contributed by atoms with Crippen molar-refractivity contribution in [2.45, 2.75) is 39.7 Å². The summed E-state index contributed by atoms with van der Waals surface area (Å²) in [5.41, 5.74) is 3.07. The first kappa shape index (κ1) is 20.7. The highest BCUT2D eigenvalue weighted by Gasteiger charge is 2.15. The molecule has 0 bridgehead atoms. The third kappa shape index (κ3) is 5.07. The summed E-state index contributed by atoms with van der Waals surface area (Å²) in [5.74, 6) is 0.699. The van der Waals surface area contributed by atoms with Crippen molar-refractivity contribution in [1.29, 1.82) is 5.26 Å². The van der Waals surface area contributed by atoms with Gasteiger partial charge in [0.25, 0.3) is 0 Å². The van der Waals surface area contributed by atoms with E-state index in [1.165, 1.54) is 11.6 Å². The molecule has 2 aromatic carbocycles. The van der Waals surface area contributed by atoms with Gasteiger partial charge in [-0.25, -0.2) is 4.39 Å². The molecule has 3 rings (SSSR count). The van der Waals surface area contributed by atoms with Gasteiger partial charge < -0.3 is 4.52 Å². The average molecular weight is 392 g/mol. The lowest BCUT2D eigenvalue weighted by Gasteiger charge is -2.28. The maximum Gasteiger partial charge on any atom is 0.227 e. The number of hydrogen-bond donors (Lipinski definition) is 0. The molecule has 0 radical (unpaired) electrons. The summed E-state index contributed by atoms with van der Waals surface area (Å²) in [6.45, 7) is 7.82. The molecule has 0 aliphatic carbocycles. The smallest absolute Gasteiger partial charge is 0.227 e. The number of nitrogens with zero attached hydrogens (tertiary/aromatic N) is 4. The lowest BCUT2D eigenvalue weighted by molar-refractivity contribution is 0.216. The van der Waals surface area contributed by atoms with Gasteiger partial charge in [-0.05, 0) is 62.7 Å². The highest BCUT2D eigenvalue weighted by atomic mass is 19.1. The Balaban J connectivity index is 1.57. The Bertz CT molecular complexity index is 991. The van der Waals surface area contributed by atoms with E-state index in [1.807, 2.05) is 24.3 Å². The molecule has 29 heavy (non-hydrogen) atoms. The van der Waals surface area contributed by atoms with Crippen LogP contribution in [0.2, 0.25) is 0 Å². The maximum atomic E-state index is 13.8. The van der Waals surface area contributed by atoms with Gasteiger partial charge in [0.15, 0.2) is 0 Å². The zero-order valence-electron chi connectivity index (χ0n) is 17.0. The van der Waals surface area contributed by atoms with Crippen molar-refractivity contribution in [3.05, 3.63) is 70.9 Å². The third-order valence-corrected chi connectivity index (χ3v) is 5.21. The predicted molar refractivity (Wildman–Crippen MR) is 110 cm³/mol. The Morgan fingerprint density at radius 3 is 2.62 bits per heavy atom. The summed E-state index contributed by atoms with van der Waals surface area (Å²) < 4.78 is 19.1. The first-order valence-corrected chi connectivity index (χ1v) is 9.85. The Morgan fingerprint density at radius 2 is 1.97 bits per heavy atom. The van der Waals surface area contributed by atoms with Gasteiger partial charge in [-0.1, -0.05) is 36.3 Å². The molecule has 1 atom stereocenters. The van der Waals surface area contributed by atoms with E-state index in [0.717, 1.165) is 19.5 Å². The van der Waals surface area contributed by atoms with Gasteiger partial charge in [-0.15, -0.1) is 0 Å². The molecule has 0 aliphatic heterocycles. The monoisotopic (exact) mass is 392 g/mol. The molecule has 5 nitrogen and oxygen atoms in total. The zero-order chi connectivity index (χ0) is 20.8. The maximum absolute atomic E-state index is 13.8. The van der Waals surface area contributed by atoms with Gasteiger partial charge >= 0.3 is 0 Å². The molecule has 1 heterocycles. The van der Waals surface area contributed by atoms with Crippen LogP contribution >= 0.6 is 0 Å². The van der Waals surface area contributed by atoms with E-state index in [4.69, 9.17) is 9.78 Å². The van der Waals surface area contributed by atoms with Crippen molar-refractivity contribution >= 4 is 0 Å². The molecular weight excluding hydrogens is 367 g/mol. The second-order valence-electron chi connectivity index (χ2n) is 7.12. The van der Waals surface area contributed by atoms with E-state index in [9.17, 15) is 4.39 Å². The number of aromatic nitrogens is 2. The lowest BCUT2D eigenvalue weighted by atomic mass is 10.0. The first-order valence-electron chi connectivity index (χ1n) is 9.85. The quantitative estimate of drug-likeness (QED) is 0.535. The minimum absolute atomic E-state index is 0.251. The molecule has 0 spiro atoms. The van der Waals surface area contributed by atoms with Crippen LogP contribution in [0.4, 0.5) is 4.39 Å². The van der Waals surface area contributed by atoms with Gasteiger partial charge in [0.2, 0.25) is 11.7 Å². The zero-order valence-corrected chi connectivity index (χ0v) is 17.0. The van der Waals surface area contributed by atoms with Gasteiger partial charge in [-0.3, -0.25) is 4.90 Å². The average Bonchev–Trinajstić information content (AvgIpc) is 3.22. The van der Waals surface area contributed by atoms with E-state index in [-0.39, 0.29) is 11.9 Å². The highest BCUT2D eigenvalue weighted by molar-refractivity contribution is 5.54. The van der Waals surface area contributed by atoms with E-state index in [1.54, 1.807) is 19.1 Å². The van der Waals surface area contributed by atoms with Crippen LogP contribution in [0.1, 0.15) is 48.9 Å². The van der Waals surface area contributed by atoms with Gasteiger partial charge in [0.05, 0.1) is 11.6 Å². The largest absolute Gasteiger partial charge is 0.339 e. The molecule has 1 unspecified atom stereocenters. The summed E-state index contributed by atoms with van der Waals surface area (Å²) >= 11 is 0. The molecule has 0 fully saturated rings. The molecule has 0 saturated carbocycles. The minimum Gasteiger partial charge on any atom is -0.339 e. The second kappa shape index (κ2) is 9.44. The number of benzene rings is 2. The van der Waals surface area contributed by atoms with Crippen molar-refractivity contribution in [1.82, 2.24) is 15.0 Å². The number of rotatable bonds is 8. The highest BCUT2D eigenvalue weighted by Crippen LogP contribution is 2.22. The molecule has 1 aromatic heterocycles. The Kier molecular flexibility index (Phi) is 6.73. The summed E-state index contributed by atoms with van der Waals surface area (Å²) in [7, 11) is 0. The van der Waals surface area contributed by atoms with E-state index >= 15 is 0 Å². The van der Waals surface area contributed by atoms with Gasteiger partial charge in [0.1, 0.15) is 5.82 Å².